The molecule has 0 aromatic rings. The van der Waals surface area contributed by atoms with Crippen molar-refractivity contribution in [1.29, 1.82) is 0 Å². The Morgan fingerprint density at radius 3 is 1.88 bits per heavy atom. The molecule has 0 radical (unpaired) electrons. The van der Waals surface area contributed by atoms with Crippen molar-refractivity contribution in [3.63, 3.8) is 0 Å². The van der Waals surface area contributed by atoms with Gasteiger partial charge in [-0.05, 0) is 0 Å². The SMILES string of the molecule is O=C(NCCNC(=O)OCC(F)(F)S(=O)(=O)O)OCC(F)(F)SOOO. The van der Waals surface area contributed by atoms with Gasteiger partial charge < -0.3 is 20.1 Å². The van der Waals surface area contributed by atoms with Crippen LogP contribution in [0, 0.1) is 0 Å². The molecule has 0 rings (SSSR count). The molecular weight excluding hydrogens is 424 g/mol. The fourth-order valence-electron chi connectivity index (χ4n) is 0.894. The Balaban J connectivity index is 3.95. The molecule has 0 heterocycles. The van der Waals surface area contributed by atoms with E-state index in [1.807, 2.05) is 5.32 Å². The smallest absolute Gasteiger partial charge is 0.407 e. The number of carbonyl (C=O) groups excluding carboxylic acids is 2. The summed E-state index contributed by atoms with van der Waals surface area (Å²) in [6.07, 6.45) is -2.85. The number of halogens is 4. The third-order valence-electron chi connectivity index (χ3n) is 1.97. The first-order valence-corrected chi connectivity index (χ1v) is 8.19. The van der Waals surface area contributed by atoms with Crippen molar-refractivity contribution < 1.29 is 64.2 Å². The van der Waals surface area contributed by atoms with Crippen molar-refractivity contribution in [2.45, 2.75) is 10.5 Å². The fourth-order valence-corrected chi connectivity index (χ4v) is 1.34. The minimum absolute atomic E-state index is 0.405. The van der Waals surface area contributed by atoms with Crippen LogP contribution in [0.15, 0.2) is 0 Å². The molecule has 0 aromatic heterocycles. The maximum Gasteiger partial charge on any atom is 0.407 e. The van der Waals surface area contributed by atoms with E-state index in [0.29, 0.717) is 0 Å². The Morgan fingerprint density at radius 1 is 1.00 bits per heavy atom. The Hall–Kier alpha value is -1.60. The standard InChI is InChI=1S/C8H12F4N2O10S2/c9-7(10,25-24-23-17)3-21-5(15)13-1-2-14-6(16)22-4-8(11,12)26(18,19)20/h17H,1-4H2,(H,13,15)(H,14,16)(H,18,19,20). The fraction of sp³-hybridized carbons (Fsp3) is 0.750. The highest BCUT2D eigenvalue weighted by Gasteiger charge is 2.45. The molecule has 0 fully saturated rings. The van der Waals surface area contributed by atoms with Crippen LogP contribution in [0.5, 0.6) is 0 Å². The van der Waals surface area contributed by atoms with Crippen LogP contribution in [0.3, 0.4) is 0 Å². The number of nitrogens with one attached hydrogen (secondary N) is 2. The van der Waals surface area contributed by atoms with E-state index in [1.165, 1.54) is 0 Å². The molecule has 154 valence electrons. The van der Waals surface area contributed by atoms with E-state index in [4.69, 9.17) is 9.81 Å². The molecule has 2 amide bonds. The topological polar surface area (TPSA) is 170 Å². The van der Waals surface area contributed by atoms with Gasteiger partial charge in [-0.2, -0.15) is 26.0 Å². The number of amides is 2. The van der Waals surface area contributed by atoms with Gasteiger partial charge in [-0.25, -0.2) is 14.8 Å². The maximum absolute atomic E-state index is 12.9. The van der Waals surface area contributed by atoms with E-state index in [0.717, 1.165) is 0 Å². The molecule has 0 spiro atoms. The lowest BCUT2D eigenvalue weighted by Crippen LogP contribution is -2.39. The van der Waals surface area contributed by atoms with Crippen LogP contribution in [0.25, 0.3) is 0 Å². The van der Waals surface area contributed by atoms with Crippen molar-refractivity contribution in [3.8, 4) is 0 Å². The number of ether oxygens (including phenoxy) is 2. The molecule has 0 aliphatic rings. The number of alkyl halides is 4. The van der Waals surface area contributed by atoms with Crippen LogP contribution in [0.2, 0.25) is 0 Å². The van der Waals surface area contributed by atoms with Gasteiger partial charge in [0.05, 0.1) is 0 Å². The molecule has 0 atom stereocenters. The van der Waals surface area contributed by atoms with Gasteiger partial charge in [-0.3, -0.25) is 4.55 Å². The molecule has 18 heteroatoms. The number of hydrogen-bond acceptors (Lipinski definition) is 10. The monoisotopic (exact) mass is 436 g/mol. The zero-order chi connectivity index (χ0) is 20.4. The lowest BCUT2D eigenvalue weighted by atomic mass is 10.6. The zero-order valence-corrected chi connectivity index (χ0v) is 14.0. The van der Waals surface area contributed by atoms with Crippen LogP contribution < -0.4 is 10.6 Å². The number of rotatable bonds is 11. The average Bonchev–Trinajstić information content (AvgIpc) is 2.52. The van der Waals surface area contributed by atoms with Gasteiger partial charge >= 0.3 is 32.8 Å². The molecule has 0 unspecified atom stereocenters. The first kappa shape index (κ1) is 24.4. The molecule has 12 nitrogen and oxygen atoms in total. The molecule has 0 aromatic carbocycles. The molecular formula is C8H12F4N2O10S2. The first-order valence-electron chi connectivity index (χ1n) is 6.00. The molecule has 0 aliphatic carbocycles. The summed E-state index contributed by atoms with van der Waals surface area (Å²) in [4.78, 5) is 22.0. The van der Waals surface area contributed by atoms with E-state index < -0.39 is 71.2 Å². The van der Waals surface area contributed by atoms with Gasteiger partial charge in [-0.15, -0.1) is 4.33 Å². The molecule has 0 aliphatic heterocycles. The molecule has 0 bridgehead atoms. The largest absolute Gasteiger partial charge is 0.442 e. The summed E-state index contributed by atoms with van der Waals surface area (Å²) in [5.74, 6) is 0. The highest BCUT2D eigenvalue weighted by molar-refractivity contribution is 7.95. The second-order valence-corrected chi connectivity index (χ2v) is 6.43. The van der Waals surface area contributed by atoms with E-state index in [2.05, 4.69) is 18.8 Å². The van der Waals surface area contributed by atoms with Crippen LogP contribution in [0.1, 0.15) is 0 Å². The molecule has 4 N–H and O–H groups in total. The second kappa shape index (κ2) is 10.5. The molecule has 0 saturated carbocycles. The summed E-state index contributed by atoms with van der Waals surface area (Å²) >= 11 is -0.644. The Labute approximate surface area is 146 Å². The normalized spacial score (nSPS) is 12.4. The average molecular weight is 436 g/mol. The molecule has 0 saturated heterocycles. The van der Waals surface area contributed by atoms with E-state index in [-0.39, 0.29) is 0 Å². The van der Waals surface area contributed by atoms with E-state index in [1.54, 1.807) is 5.32 Å². The van der Waals surface area contributed by atoms with E-state index in [9.17, 15) is 35.6 Å². The quantitative estimate of drug-likeness (QED) is 0.0892. The van der Waals surface area contributed by atoms with Crippen molar-refractivity contribution in [1.82, 2.24) is 10.6 Å². The highest BCUT2D eigenvalue weighted by Crippen LogP contribution is 2.29. The summed E-state index contributed by atoms with van der Waals surface area (Å²) < 4.78 is 91.2. The summed E-state index contributed by atoms with van der Waals surface area (Å²) in [7, 11) is -5.76. The summed E-state index contributed by atoms with van der Waals surface area (Å²) in [6, 6.07) is 0. The Kier molecular flexibility index (Phi) is 9.88. The molecule has 26 heavy (non-hydrogen) atoms. The van der Waals surface area contributed by atoms with Gasteiger partial charge in [0.15, 0.2) is 13.2 Å². The van der Waals surface area contributed by atoms with Crippen molar-refractivity contribution in [2.24, 2.45) is 0 Å². The maximum atomic E-state index is 12.9. The van der Waals surface area contributed by atoms with Crippen molar-refractivity contribution in [2.75, 3.05) is 26.3 Å². The van der Waals surface area contributed by atoms with E-state index >= 15 is 0 Å². The number of carbonyl (C=O) groups is 2. The van der Waals surface area contributed by atoms with Crippen LogP contribution in [-0.2, 0) is 29.0 Å². The van der Waals surface area contributed by atoms with Gasteiger partial charge in [0.25, 0.3) is 0 Å². The van der Waals surface area contributed by atoms with Crippen LogP contribution in [0.4, 0.5) is 27.2 Å². The summed E-state index contributed by atoms with van der Waals surface area (Å²) in [6.45, 7) is -4.26. The van der Waals surface area contributed by atoms with Gasteiger partial charge in [0.2, 0.25) is 0 Å². The minimum atomic E-state index is -5.76. The van der Waals surface area contributed by atoms with Gasteiger partial charge in [-0.1, -0.05) is 5.04 Å². The minimum Gasteiger partial charge on any atom is -0.442 e. The predicted molar refractivity (Wildman–Crippen MR) is 72.5 cm³/mol. The van der Waals surface area contributed by atoms with Gasteiger partial charge in [0.1, 0.15) is 12.0 Å². The highest BCUT2D eigenvalue weighted by atomic mass is 32.2. The van der Waals surface area contributed by atoms with Crippen LogP contribution in [-0.4, -0.2) is 67.2 Å². The number of hydrogen-bond donors (Lipinski definition) is 4. The first-order chi connectivity index (χ1) is 11.8. The zero-order valence-electron chi connectivity index (χ0n) is 12.3. The lowest BCUT2D eigenvalue weighted by Gasteiger charge is -2.14. The van der Waals surface area contributed by atoms with Crippen molar-refractivity contribution >= 4 is 34.3 Å². The summed E-state index contributed by atoms with van der Waals surface area (Å²) in [5, 5.41) is 5.85. The third-order valence-corrected chi connectivity index (χ3v) is 3.33. The second-order valence-electron chi connectivity index (χ2n) is 3.98. The number of alkyl carbamates (subject to hydrolysis) is 2. The Morgan fingerprint density at radius 2 is 1.46 bits per heavy atom. The Bertz CT molecular complexity index is 575. The van der Waals surface area contributed by atoms with Crippen molar-refractivity contribution in [3.05, 3.63) is 0 Å². The third kappa shape index (κ3) is 10.4. The predicted octanol–water partition coefficient (Wildman–Crippen LogP) is 0.582. The lowest BCUT2D eigenvalue weighted by molar-refractivity contribution is -0.433. The summed E-state index contributed by atoms with van der Waals surface area (Å²) in [5.41, 5.74) is 0. The van der Waals surface area contributed by atoms with Gasteiger partial charge in [0, 0.05) is 13.1 Å². The van der Waals surface area contributed by atoms with Crippen LogP contribution >= 0.6 is 12.0 Å².